The molecular weight excluding hydrogens is 253 g/mol. The number of hydrogen-bond donors (Lipinski definition) is 1. The Balaban J connectivity index is 2.60. The van der Waals surface area contributed by atoms with Crippen LogP contribution in [0.25, 0.3) is 0 Å². The van der Waals surface area contributed by atoms with Crippen LogP contribution in [0.1, 0.15) is 36.9 Å². The van der Waals surface area contributed by atoms with Gasteiger partial charge in [-0.1, -0.05) is 38.1 Å². The van der Waals surface area contributed by atoms with Gasteiger partial charge in [0.2, 0.25) is 0 Å². The van der Waals surface area contributed by atoms with E-state index in [4.69, 9.17) is 5.73 Å². The molecule has 1 atom stereocenters. The molecule has 0 heterocycles. The van der Waals surface area contributed by atoms with Gasteiger partial charge in [0.15, 0.2) is 0 Å². The van der Waals surface area contributed by atoms with E-state index in [1.54, 1.807) is 0 Å². The summed E-state index contributed by atoms with van der Waals surface area (Å²) in [4.78, 5) is 1.20. The van der Waals surface area contributed by atoms with Crippen LogP contribution in [0.15, 0.2) is 24.3 Å². The van der Waals surface area contributed by atoms with Gasteiger partial charge in [0.1, 0.15) is 0 Å². The number of hydrogen-bond acceptors (Lipinski definition) is 2. The van der Waals surface area contributed by atoms with Crippen LogP contribution in [-0.4, -0.2) is 31.2 Å². The maximum Gasteiger partial charge on any atom is 0.401 e. The van der Waals surface area contributed by atoms with Crippen molar-refractivity contribution in [2.24, 2.45) is 5.73 Å². The quantitative estimate of drug-likeness (QED) is 0.892. The van der Waals surface area contributed by atoms with E-state index in [0.717, 1.165) is 5.56 Å². The van der Waals surface area contributed by atoms with E-state index in [1.165, 1.54) is 17.5 Å². The van der Waals surface area contributed by atoms with Crippen LogP contribution in [-0.2, 0) is 0 Å². The zero-order valence-electron chi connectivity index (χ0n) is 11.5. The van der Waals surface area contributed by atoms with Gasteiger partial charge in [-0.05, 0) is 24.1 Å². The van der Waals surface area contributed by atoms with E-state index >= 15 is 0 Å². The Morgan fingerprint density at radius 1 is 1.11 bits per heavy atom. The summed E-state index contributed by atoms with van der Waals surface area (Å²) in [5.74, 6) is 0.429. The maximum atomic E-state index is 12.2. The summed E-state index contributed by atoms with van der Waals surface area (Å²) in [7, 11) is 1.43. The SMILES string of the molecule is CC(C)c1ccc(C(N)CN(C)CC(F)(F)F)cc1. The molecule has 2 N–H and O–H groups in total. The molecule has 0 radical (unpaired) electrons. The van der Waals surface area contributed by atoms with Gasteiger partial charge in [0.25, 0.3) is 0 Å². The minimum atomic E-state index is -4.18. The van der Waals surface area contributed by atoms with E-state index in [-0.39, 0.29) is 6.54 Å². The van der Waals surface area contributed by atoms with Crippen molar-refractivity contribution in [3.05, 3.63) is 35.4 Å². The monoisotopic (exact) mass is 274 g/mol. The number of halogens is 3. The summed E-state index contributed by atoms with van der Waals surface area (Å²) in [6, 6.07) is 7.32. The van der Waals surface area contributed by atoms with Crippen LogP contribution in [0.5, 0.6) is 0 Å². The molecule has 0 fully saturated rings. The summed E-state index contributed by atoms with van der Waals surface area (Å²) < 4.78 is 36.7. The predicted molar refractivity (Wildman–Crippen MR) is 71.0 cm³/mol. The molecule has 0 saturated heterocycles. The Morgan fingerprint density at radius 2 is 1.58 bits per heavy atom. The molecule has 2 nitrogen and oxygen atoms in total. The molecule has 0 aromatic heterocycles. The summed E-state index contributed by atoms with van der Waals surface area (Å²) in [6.07, 6.45) is -4.18. The average molecular weight is 274 g/mol. The van der Waals surface area contributed by atoms with Crippen molar-refractivity contribution >= 4 is 0 Å². The largest absolute Gasteiger partial charge is 0.401 e. The molecule has 19 heavy (non-hydrogen) atoms. The first-order valence-electron chi connectivity index (χ1n) is 6.30. The summed E-state index contributed by atoms with van der Waals surface area (Å²) >= 11 is 0. The number of alkyl halides is 3. The van der Waals surface area contributed by atoms with E-state index in [2.05, 4.69) is 13.8 Å². The zero-order chi connectivity index (χ0) is 14.6. The molecule has 0 aliphatic carbocycles. The number of nitrogens with zero attached hydrogens (tertiary/aromatic N) is 1. The fraction of sp³-hybridized carbons (Fsp3) is 0.571. The first-order valence-corrected chi connectivity index (χ1v) is 6.30. The van der Waals surface area contributed by atoms with Crippen molar-refractivity contribution in [1.82, 2.24) is 4.90 Å². The molecule has 0 aliphatic rings. The number of likely N-dealkylation sites (N-methyl/N-ethyl adjacent to an activating group) is 1. The van der Waals surface area contributed by atoms with E-state index in [1.807, 2.05) is 24.3 Å². The van der Waals surface area contributed by atoms with Crippen molar-refractivity contribution < 1.29 is 13.2 Å². The maximum absolute atomic E-state index is 12.2. The van der Waals surface area contributed by atoms with Gasteiger partial charge >= 0.3 is 6.18 Å². The molecule has 0 bridgehead atoms. The highest BCUT2D eigenvalue weighted by molar-refractivity contribution is 5.26. The lowest BCUT2D eigenvalue weighted by Gasteiger charge is -2.22. The highest BCUT2D eigenvalue weighted by atomic mass is 19.4. The fourth-order valence-electron chi connectivity index (χ4n) is 1.94. The predicted octanol–water partition coefficient (Wildman–Crippen LogP) is 3.30. The molecule has 0 amide bonds. The topological polar surface area (TPSA) is 29.3 Å². The molecule has 0 spiro atoms. The third-order valence-corrected chi connectivity index (χ3v) is 2.99. The molecule has 0 saturated carbocycles. The van der Waals surface area contributed by atoms with Crippen LogP contribution in [0.4, 0.5) is 13.2 Å². The third-order valence-electron chi connectivity index (χ3n) is 2.99. The lowest BCUT2D eigenvalue weighted by atomic mass is 9.99. The highest BCUT2D eigenvalue weighted by Crippen LogP contribution is 2.20. The van der Waals surface area contributed by atoms with Gasteiger partial charge in [0, 0.05) is 12.6 Å². The lowest BCUT2D eigenvalue weighted by molar-refractivity contribution is -0.143. The summed E-state index contributed by atoms with van der Waals surface area (Å²) in [5, 5.41) is 0. The average Bonchev–Trinajstić information content (AvgIpc) is 2.26. The fourth-order valence-corrected chi connectivity index (χ4v) is 1.94. The molecule has 0 aliphatic heterocycles. The van der Waals surface area contributed by atoms with Gasteiger partial charge < -0.3 is 5.73 Å². The Labute approximate surface area is 112 Å². The van der Waals surface area contributed by atoms with Crippen molar-refractivity contribution in [3.63, 3.8) is 0 Å². The molecule has 1 aromatic rings. The number of benzene rings is 1. The summed E-state index contributed by atoms with van der Waals surface area (Å²) in [5.41, 5.74) is 7.99. The minimum absolute atomic E-state index is 0.181. The van der Waals surface area contributed by atoms with Gasteiger partial charge in [-0.25, -0.2) is 0 Å². The Hall–Kier alpha value is -1.07. The number of rotatable bonds is 5. The van der Waals surface area contributed by atoms with Crippen molar-refractivity contribution in [3.8, 4) is 0 Å². The van der Waals surface area contributed by atoms with Gasteiger partial charge in [0.05, 0.1) is 6.54 Å². The second-order valence-corrected chi connectivity index (χ2v) is 5.24. The molecule has 1 aromatic carbocycles. The van der Waals surface area contributed by atoms with Gasteiger partial charge in [-0.3, -0.25) is 4.90 Å². The van der Waals surface area contributed by atoms with Gasteiger partial charge in [-0.15, -0.1) is 0 Å². The molecule has 1 rings (SSSR count). The zero-order valence-corrected chi connectivity index (χ0v) is 11.5. The summed E-state index contributed by atoms with van der Waals surface area (Å²) in [6.45, 7) is 3.42. The Morgan fingerprint density at radius 3 is 2.00 bits per heavy atom. The molecular formula is C14H21F3N2. The van der Waals surface area contributed by atoms with Crippen LogP contribution >= 0.6 is 0 Å². The van der Waals surface area contributed by atoms with Crippen molar-refractivity contribution in [1.29, 1.82) is 0 Å². The van der Waals surface area contributed by atoms with Crippen LogP contribution in [0.3, 0.4) is 0 Å². The Bertz CT molecular complexity index is 385. The molecule has 5 heteroatoms. The molecule has 108 valence electrons. The van der Waals surface area contributed by atoms with Crippen LogP contribution in [0.2, 0.25) is 0 Å². The van der Waals surface area contributed by atoms with Crippen LogP contribution in [0, 0.1) is 0 Å². The second kappa shape index (κ2) is 6.39. The first-order chi connectivity index (χ1) is 8.69. The standard InChI is InChI=1S/C14H21F3N2/c1-10(2)11-4-6-12(7-5-11)13(18)8-19(3)9-14(15,16)17/h4-7,10,13H,8-9,18H2,1-3H3. The normalized spacial score (nSPS) is 14.2. The lowest BCUT2D eigenvalue weighted by Crippen LogP contribution is -2.36. The van der Waals surface area contributed by atoms with Crippen molar-refractivity contribution in [2.45, 2.75) is 32.0 Å². The third kappa shape index (κ3) is 5.61. The Kier molecular flexibility index (Phi) is 5.38. The number of nitrogens with two attached hydrogens (primary N) is 1. The van der Waals surface area contributed by atoms with Crippen LogP contribution < -0.4 is 5.73 Å². The first kappa shape index (κ1) is 16.0. The van der Waals surface area contributed by atoms with Gasteiger partial charge in [-0.2, -0.15) is 13.2 Å². The minimum Gasteiger partial charge on any atom is -0.323 e. The highest BCUT2D eigenvalue weighted by Gasteiger charge is 2.29. The second-order valence-electron chi connectivity index (χ2n) is 5.24. The van der Waals surface area contributed by atoms with E-state index in [0.29, 0.717) is 5.92 Å². The van der Waals surface area contributed by atoms with E-state index < -0.39 is 18.8 Å². The molecule has 1 unspecified atom stereocenters. The smallest absolute Gasteiger partial charge is 0.323 e. The van der Waals surface area contributed by atoms with E-state index in [9.17, 15) is 13.2 Å². The van der Waals surface area contributed by atoms with Crippen molar-refractivity contribution in [2.75, 3.05) is 20.1 Å².